The first-order chi connectivity index (χ1) is 10.1. The number of aliphatic hydroxyl groups is 1. The van der Waals surface area contributed by atoms with Gasteiger partial charge < -0.3 is 9.67 Å². The lowest BCUT2D eigenvalue weighted by molar-refractivity contribution is 0.132. The van der Waals surface area contributed by atoms with Crippen LogP contribution in [0.15, 0.2) is 24.3 Å². The molecule has 0 amide bonds. The van der Waals surface area contributed by atoms with Crippen LogP contribution in [0.25, 0.3) is 11.0 Å². The van der Waals surface area contributed by atoms with Gasteiger partial charge in [-0.25, -0.2) is 4.98 Å². The molecule has 2 aromatic rings. The fourth-order valence-corrected chi connectivity index (χ4v) is 3.56. The SMILES string of the molecule is Cc1nc2ccccc2n1CCN1CCCC1CC(C)O. The van der Waals surface area contributed by atoms with E-state index >= 15 is 0 Å². The summed E-state index contributed by atoms with van der Waals surface area (Å²) < 4.78 is 2.31. The zero-order chi connectivity index (χ0) is 14.8. The van der Waals surface area contributed by atoms with Crippen LogP contribution in [0.3, 0.4) is 0 Å². The largest absolute Gasteiger partial charge is 0.393 e. The molecule has 2 unspecified atom stereocenters. The second kappa shape index (κ2) is 6.16. The van der Waals surface area contributed by atoms with Crippen molar-refractivity contribution in [2.24, 2.45) is 0 Å². The van der Waals surface area contributed by atoms with Crippen LogP contribution in [0.1, 0.15) is 32.0 Å². The van der Waals surface area contributed by atoms with Gasteiger partial charge in [-0.2, -0.15) is 0 Å². The highest BCUT2D eigenvalue weighted by Crippen LogP contribution is 2.22. The lowest BCUT2D eigenvalue weighted by Crippen LogP contribution is -2.34. The van der Waals surface area contributed by atoms with Gasteiger partial charge in [0.25, 0.3) is 0 Å². The van der Waals surface area contributed by atoms with E-state index in [4.69, 9.17) is 0 Å². The van der Waals surface area contributed by atoms with Crippen LogP contribution in [-0.2, 0) is 6.54 Å². The molecule has 0 radical (unpaired) electrons. The first-order valence-electron chi connectivity index (χ1n) is 7.99. The number of rotatable bonds is 5. The van der Waals surface area contributed by atoms with Crippen LogP contribution in [-0.4, -0.2) is 44.8 Å². The number of hydrogen-bond donors (Lipinski definition) is 1. The molecule has 1 aromatic carbocycles. The van der Waals surface area contributed by atoms with Gasteiger partial charge in [-0.05, 0) is 51.8 Å². The Morgan fingerprint density at radius 3 is 2.95 bits per heavy atom. The third-order valence-corrected chi connectivity index (χ3v) is 4.57. The summed E-state index contributed by atoms with van der Waals surface area (Å²) in [4.78, 5) is 7.16. The molecule has 1 saturated heterocycles. The molecule has 1 fully saturated rings. The number of aryl methyl sites for hydroxylation is 1. The quantitative estimate of drug-likeness (QED) is 0.919. The highest BCUT2D eigenvalue weighted by molar-refractivity contribution is 5.75. The van der Waals surface area contributed by atoms with Gasteiger partial charge in [-0.1, -0.05) is 12.1 Å². The molecule has 1 aliphatic heterocycles. The van der Waals surface area contributed by atoms with E-state index in [-0.39, 0.29) is 6.10 Å². The van der Waals surface area contributed by atoms with Crippen molar-refractivity contribution in [1.29, 1.82) is 0 Å². The summed E-state index contributed by atoms with van der Waals surface area (Å²) >= 11 is 0. The minimum Gasteiger partial charge on any atom is -0.393 e. The average molecular weight is 287 g/mol. The number of para-hydroxylation sites is 2. The maximum absolute atomic E-state index is 9.63. The van der Waals surface area contributed by atoms with Crippen molar-refractivity contribution < 1.29 is 5.11 Å². The molecule has 0 bridgehead atoms. The van der Waals surface area contributed by atoms with Gasteiger partial charge in [0.05, 0.1) is 17.1 Å². The van der Waals surface area contributed by atoms with E-state index in [1.165, 1.54) is 18.4 Å². The second-order valence-corrected chi connectivity index (χ2v) is 6.22. The van der Waals surface area contributed by atoms with Gasteiger partial charge in [0.2, 0.25) is 0 Å². The monoisotopic (exact) mass is 287 g/mol. The zero-order valence-corrected chi connectivity index (χ0v) is 13.0. The van der Waals surface area contributed by atoms with Gasteiger partial charge in [-0.3, -0.25) is 4.90 Å². The summed E-state index contributed by atoms with van der Waals surface area (Å²) in [5.74, 6) is 1.09. The standard InChI is InChI=1S/C17H25N3O/c1-13(21)12-15-6-5-9-19(15)10-11-20-14(2)18-16-7-3-4-8-17(16)20/h3-4,7-8,13,15,21H,5-6,9-12H2,1-2H3. The number of benzene rings is 1. The fraction of sp³-hybridized carbons (Fsp3) is 0.588. The number of fused-ring (bicyclic) bond motifs is 1. The lowest BCUT2D eigenvalue weighted by Gasteiger charge is -2.25. The Labute approximate surface area is 126 Å². The number of likely N-dealkylation sites (tertiary alicyclic amines) is 1. The van der Waals surface area contributed by atoms with E-state index in [9.17, 15) is 5.11 Å². The van der Waals surface area contributed by atoms with Gasteiger partial charge in [-0.15, -0.1) is 0 Å². The second-order valence-electron chi connectivity index (χ2n) is 6.22. The minimum absolute atomic E-state index is 0.202. The van der Waals surface area contributed by atoms with Crippen molar-refractivity contribution in [3.05, 3.63) is 30.1 Å². The smallest absolute Gasteiger partial charge is 0.106 e. The van der Waals surface area contributed by atoms with E-state index in [1.54, 1.807) is 0 Å². The maximum Gasteiger partial charge on any atom is 0.106 e. The molecule has 3 rings (SSSR count). The van der Waals surface area contributed by atoms with Crippen molar-refractivity contribution in [3.8, 4) is 0 Å². The average Bonchev–Trinajstić information content (AvgIpc) is 2.99. The summed E-state index contributed by atoms with van der Waals surface area (Å²) in [5.41, 5.74) is 2.30. The molecule has 0 spiro atoms. The number of hydrogen-bond acceptors (Lipinski definition) is 3. The topological polar surface area (TPSA) is 41.3 Å². The van der Waals surface area contributed by atoms with Crippen LogP contribution in [0.5, 0.6) is 0 Å². The van der Waals surface area contributed by atoms with E-state index in [0.29, 0.717) is 6.04 Å². The Morgan fingerprint density at radius 1 is 1.33 bits per heavy atom. The molecule has 2 atom stereocenters. The van der Waals surface area contributed by atoms with Crippen molar-refractivity contribution >= 4 is 11.0 Å². The molecule has 2 heterocycles. The number of nitrogens with zero attached hydrogens (tertiary/aromatic N) is 3. The lowest BCUT2D eigenvalue weighted by atomic mass is 10.1. The molecule has 114 valence electrons. The first kappa shape index (κ1) is 14.5. The molecular formula is C17H25N3O. The van der Waals surface area contributed by atoms with Crippen molar-refractivity contribution in [1.82, 2.24) is 14.5 Å². The molecule has 0 saturated carbocycles. The van der Waals surface area contributed by atoms with Gasteiger partial charge in [0.15, 0.2) is 0 Å². The summed E-state index contributed by atoms with van der Waals surface area (Å²) in [6.07, 6.45) is 3.16. The third-order valence-electron chi connectivity index (χ3n) is 4.57. The highest BCUT2D eigenvalue weighted by Gasteiger charge is 2.25. The predicted molar refractivity (Wildman–Crippen MR) is 85.4 cm³/mol. The fourth-order valence-electron chi connectivity index (χ4n) is 3.56. The maximum atomic E-state index is 9.63. The molecule has 4 nitrogen and oxygen atoms in total. The van der Waals surface area contributed by atoms with E-state index < -0.39 is 0 Å². The third kappa shape index (κ3) is 3.11. The molecular weight excluding hydrogens is 262 g/mol. The summed E-state index contributed by atoms with van der Waals surface area (Å²) in [6.45, 7) is 7.14. The summed E-state index contributed by atoms with van der Waals surface area (Å²) in [7, 11) is 0. The molecule has 21 heavy (non-hydrogen) atoms. The van der Waals surface area contributed by atoms with Crippen molar-refractivity contribution in [2.75, 3.05) is 13.1 Å². The van der Waals surface area contributed by atoms with E-state index in [2.05, 4.69) is 39.6 Å². The summed E-state index contributed by atoms with van der Waals surface area (Å²) in [6, 6.07) is 8.88. The van der Waals surface area contributed by atoms with Crippen LogP contribution < -0.4 is 0 Å². The van der Waals surface area contributed by atoms with Gasteiger partial charge in [0, 0.05) is 19.1 Å². The molecule has 1 N–H and O–H groups in total. The normalized spacial score (nSPS) is 21.2. The molecule has 0 aliphatic carbocycles. The molecule has 1 aromatic heterocycles. The van der Waals surface area contributed by atoms with Crippen LogP contribution in [0.4, 0.5) is 0 Å². The van der Waals surface area contributed by atoms with Gasteiger partial charge >= 0.3 is 0 Å². The molecule has 4 heteroatoms. The highest BCUT2D eigenvalue weighted by atomic mass is 16.3. The van der Waals surface area contributed by atoms with Gasteiger partial charge in [0.1, 0.15) is 5.82 Å². The van der Waals surface area contributed by atoms with Crippen molar-refractivity contribution in [3.63, 3.8) is 0 Å². The Hall–Kier alpha value is -1.39. The Bertz CT molecular complexity index is 605. The van der Waals surface area contributed by atoms with E-state index in [0.717, 1.165) is 37.4 Å². The summed E-state index contributed by atoms with van der Waals surface area (Å²) in [5, 5.41) is 9.63. The zero-order valence-electron chi connectivity index (χ0n) is 13.0. The van der Waals surface area contributed by atoms with Crippen LogP contribution in [0.2, 0.25) is 0 Å². The van der Waals surface area contributed by atoms with Crippen LogP contribution in [0, 0.1) is 6.92 Å². The molecule has 1 aliphatic rings. The first-order valence-corrected chi connectivity index (χ1v) is 7.99. The van der Waals surface area contributed by atoms with Crippen LogP contribution >= 0.6 is 0 Å². The number of aromatic nitrogens is 2. The minimum atomic E-state index is -0.202. The Kier molecular flexibility index (Phi) is 4.27. The Morgan fingerprint density at radius 2 is 2.14 bits per heavy atom. The predicted octanol–water partition coefficient (Wildman–Crippen LogP) is 2.58. The number of imidazole rings is 1. The van der Waals surface area contributed by atoms with Crippen molar-refractivity contribution in [2.45, 2.75) is 51.8 Å². The number of aliphatic hydroxyl groups excluding tert-OH is 1. The Balaban J connectivity index is 1.70. The van der Waals surface area contributed by atoms with E-state index in [1.807, 2.05) is 13.0 Å².